The molecule has 3 N–H and O–H groups in total. The summed E-state index contributed by atoms with van der Waals surface area (Å²) in [5.41, 5.74) is -0.393. The van der Waals surface area contributed by atoms with E-state index in [0.29, 0.717) is 23.4 Å². The van der Waals surface area contributed by atoms with Crippen LogP contribution in [0.5, 0.6) is 0 Å². The van der Waals surface area contributed by atoms with Crippen molar-refractivity contribution in [2.24, 2.45) is 10.9 Å². The highest BCUT2D eigenvalue weighted by atomic mass is 32.2. The van der Waals surface area contributed by atoms with Crippen LogP contribution in [0.25, 0.3) is 11.0 Å². The van der Waals surface area contributed by atoms with Gasteiger partial charge in [-0.3, -0.25) is 4.79 Å². The van der Waals surface area contributed by atoms with Crippen molar-refractivity contribution in [3.8, 4) is 0 Å². The third-order valence-electron chi connectivity index (χ3n) is 6.31. The maximum atomic E-state index is 13.8. The minimum Gasteiger partial charge on any atom is -0.392 e. The van der Waals surface area contributed by atoms with Crippen LogP contribution in [0.4, 0.5) is 13.2 Å². The van der Waals surface area contributed by atoms with Crippen molar-refractivity contribution in [1.82, 2.24) is 25.1 Å². The number of alkyl halides is 3. The Morgan fingerprint density at radius 3 is 2.56 bits per heavy atom. The number of likely N-dealkylation sites (N-methyl/N-ethyl adjacent to an activating group) is 1. The molecule has 0 spiro atoms. The molecule has 0 bridgehead atoms. The van der Waals surface area contributed by atoms with Gasteiger partial charge in [0.25, 0.3) is 5.91 Å². The lowest BCUT2D eigenvalue weighted by atomic mass is 10.00. The van der Waals surface area contributed by atoms with Gasteiger partial charge in [-0.1, -0.05) is 13.8 Å². The molecule has 1 amide bonds. The maximum Gasteiger partial charge on any atom is 0.431 e. The summed E-state index contributed by atoms with van der Waals surface area (Å²) >= 11 is 0. The predicted molar refractivity (Wildman–Crippen MR) is 126 cm³/mol. The molecule has 0 aliphatic carbocycles. The zero-order chi connectivity index (χ0) is 26.6. The van der Waals surface area contributed by atoms with Gasteiger partial charge in [0.1, 0.15) is 11.5 Å². The number of nitrogens with zero attached hydrogens (tertiary/aromatic N) is 4. The molecule has 1 aromatic carbocycles. The summed E-state index contributed by atoms with van der Waals surface area (Å²) in [6.45, 7) is 3.45. The smallest absolute Gasteiger partial charge is 0.392 e. The Hall–Kier alpha value is -3.13. The molecule has 1 atom stereocenters. The highest BCUT2D eigenvalue weighted by Gasteiger charge is 2.43. The number of halogens is 3. The normalized spacial score (nSPS) is 18.9. The topological polar surface area (TPSA) is 129 Å². The van der Waals surface area contributed by atoms with Gasteiger partial charge in [0.15, 0.2) is 15.8 Å². The van der Waals surface area contributed by atoms with Gasteiger partial charge in [-0.2, -0.15) is 13.2 Å². The van der Waals surface area contributed by atoms with Crippen molar-refractivity contribution in [2.75, 3.05) is 26.4 Å². The number of carbonyl (C=O) groups is 1. The Labute approximate surface area is 205 Å². The van der Waals surface area contributed by atoms with Gasteiger partial charge in [-0.25, -0.2) is 18.4 Å². The molecule has 0 unspecified atom stereocenters. The number of nitrogens with one attached hydrogen (secondary N) is 2. The standard InChI is InChI=1S/C22H27F3N6O4S/c1-11(2)17-19-28-14-7-12(10-32)16(36(4,34)35)8-15(14)30(19)5-6-31(17)21-27-9-13(20(33)26-3)18(29-21)22(23,24)25/h7-8,11,17,32H,5-6,9-10H2,1-4H3,(H,26,33)(H,27,29)/t17-/m0/s1. The van der Waals surface area contributed by atoms with E-state index in [9.17, 15) is 31.5 Å². The first-order valence-corrected chi connectivity index (χ1v) is 13.1. The van der Waals surface area contributed by atoms with Gasteiger partial charge < -0.3 is 25.2 Å². The molecular formula is C22H27F3N6O4S. The SMILES string of the molecule is CNC(=O)C1=C(C(F)(F)F)NC(N2CCn3c(nc4cc(CO)c(S(C)(=O)=O)cc43)[C@@H]2C(C)C)=NC1. The van der Waals surface area contributed by atoms with Gasteiger partial charge in [0, 0.05) is 26.4 Å². The minimum absolute atomic E-state index is 0.00346. The predicted octanol–water partition coefficient (Wildman–Crippen LogP) is 1.47. The summed E-state index contributed by atoms with van der Waals surface area (Å²) in [6.07, 6.45) is -3.73. The molecule has 36 heavy (non-hydrogen) atoms. The minimum atomic E-state index is -4.79. The number of aliphatic hydroxyl groups excluding tert-OH is 1. The van der Waals surface area contributed by atoms with Crippen LogP contribution in [0.2, 0.25) is 0 Å². The third kappa shape index (κ3) is 4.43. The van der Waals surface area contributed by atoms with Crippen LogP contribution >= 0.6 is 0 Å². The lowest BCUT2D eigenvalue weighted by molar-refractivity contribution is -0.119. The number of hydrogen-bond acceptors (Lipinski definition) is 8. The largest absolute Gasteiger partial charge is 0.431 e. The van der Waals surface area contributed by atoms with Gasteiger partial charge in [0.05, 0.1) is 40.7 Å². The molecule has 0 radical (unpaired) electrons. The number of sulfone groups is 1. The van der Waals surface area contributed by atoms with Crippen molar-refractivity contribution in [2.45, 2.75) is 44.1 Å². The van der Waals surface area contributed by atoms with Gasteiger partial charge in [0.2, 0.25) is 0 Å². The summed E-state index contributed by atoms with van der Waals surface area (Å²) in [7, 11) is -2.36. The van der Waals surface area contributed by atoms with E-state index in [4.69, 9.17) is 4.98 Å². The number of fused-ring (bicyclic) bond motifs is 3. The molecule has 0 saturated heterocycles. The molecule has 3 heterocycles. The summed E-state index contributed by atoms with van der Waals surface area (Å²) in [4.78, 5) is 22.7. The van der Waals surface area contributed by atoms with Crippen molar-refractivity contribution in [3.05, 3.63) is 34.8 Å². The summed E-state index contributed by atoms with van der Waals surface area (Å²) in [5, 5.41) is 14.3. The van der Waals surface area contributed by atoms with Gasteiger partial charge in [-0.15, -0.1) is 0 Å². The zero-order valence-electron chi connectivity index (χ0n) is 20.1. The average Bonchev–Trinajstić information content (AvgIpc) is 3.17. The molecule has 1 aromatic heterocycles. The summed E-state index contributed by atoms with van der Waals surface area (Å²) in [6, 6.07) is 2.51. The molecule has 0 saturated carbocycles. The molecule has 2 aliphatic rings. The molecule has 10 nitrogen and oxygen atoms in total. The second kappa shape index (κ2) is 9.07. The van der Waals surface area contributed by atoms with Crippen molar-refractivity contribution in [3.63, 3.8) is 0 Å². The molecule has 2 aromatic rings. The average molecular weight is 529 g/mol. The lowest BCUT2D eigenvalue weighted by Crippen LogP contribution is -2.52. The summed E-state index contributed by atoms with van der Waals surface area (Å²) < 4.78 is 67.9. The van der Waals surface area contributed by atoms with Crippen LogP contribution in [0.3, 0.4) is 0 Å². The van der Waals surface area contributed by atoms with E-state index in [2.05, 4.69) is 15.6 Å². The Morgan fingerprint density at radius 2 is 2.00 bits per heavy atom. The highest BCUT2D eigenvalue weighted by molar-refractivity contribution is 7.90. The fraction of sp³-hybridized carbons (Fsp3) is 0.500. The molecular weight excluding hydrogens is 501 g/mol. The second-order valence-electron chi connectivity index (χ2n) is 9.08. The quantitative estimate of drug-likeness (QED) is 0.548. The van der Waals surface area contributed by atoms with E-state index in [1.165, 1.54) is 19.2 Å². The zero-order valence-corrected chi connectivity index (χ0v) is 21.0. The second-order valence-corrected chi connectivity index (χ2v) is 11.1. The van der Waals surface area contributed by atoms with Crippen LogP contribution in [-0.4, -0.2) is 72.4 Å². The van der Waals surface area contributed by atoms with E-state index in [0.717, 1.165) is 6.26 Å². The molecule has 2 aliphatic heterocycles. The first-order chi connectivity index (χ1) is 16.8. The lowest BCUT2D eigenvalue weighted by Gasteiger charge is -2.41. The van der Waals surface area contributed by atoms with E-state index < -0.39 is 52.4 Å². The van der Waals surface area contributed by atoms with E-state index in [1.807, 2.05) is 18.4 Å². The van der Waals surface area contributed by atoms with Gasteiger partial charge in [-0.05, 0) is 23.6 Å². The van der Waals surface area contributed by atoms with Crippen LogP contribution in [0.15, 0.2) is 33.3 Å². The number of imidazole rings is 1. The number of allylic oxidation sites excluding steroid dienone is 1. The first kappa shape index (κ1) is 25.9. The Bertz CT molecular complexity index is 1390. The monoisotopic (exact) mass is 528 g/mol. The Balaban J connectivity index is 1.79. The summed E-state index contributed by atoms with van der Waals surface area (Å²) in [5.74, 6) is -0.449. The molecule has 4 rings (SSSR count). The van der Waals surface area contributed by atoms with Crippen molar-refractivity contribution >= 4 is 32.7 Å². The van der Waals surface area contributed by atoms with E-state index in [-0.39, 0.29) is 28.9 Å². The number of rotatable bonds is 4. The molecule has 196 valence electrons. The molecule has 14 heteroatoms. The number of aliphatic hydroxyl groups is 1. The fourth-order valence-electron chi connectivity index (χ4n) is 4.73. The Kier molecular flexibility index (Phi) is 6.54. The number of carbonyl (C=O) groups excluding carboxylic acids is 1. The highest BCUT2D eigenvalue weighted by Crippen LogP contribution is 2.37. The fourth-order valence-corrected chi connectivity index (χ4v) is 5.65. The number of benzene rings is 1. The number of aromatic nitrogens is 2. The Morgan fingerprint density at radius 1 is 1.31 bits per heavy atom. The van der Waals surface area contributed by atoms with E-state index >= 15 is 0 Å². The van der Waals surface area contributed by atoms with Crippen LogP contribution in [-0.2, 0) is 27.8 Å². The van der Waals surface area contributed by atoms with Crippen LogP contribution in [0.1, 0.15) is 31.3 Å². The van der Waals surface area contributed by atoms with Crippen LogP contribution < -0.4 is 10.6 Å². The number of hydrogen-bond donors (Lipinski definition) is 3. The molecule has 0 fully saturated rings. The van der Waals surface area contributed by atoms with Crippen molar-refractivity contribution < 1.29 is 31.5 Å². The number of amides is 1. The van der Waals surface area contributed by atoms with Gasteiger partial charge >= 0.3 is 6.18 Å². The van der Waals surface area contributed by atoms with Crippen molar-refractivity contribution in [1.29, 1.82) is 0 Å². The third-order valence-corrected chi connectivity index (χ3v) is 7.49. The number of aliphatic imine (C=N–C) groups is 1. The van der Waals surface area contributed by atoms with Crippen LogP contribution in [0, 0.1) is 5.92 Å². The maximum absolute atomic E-state index is 13.8. The first-order valence-electron chi connectivity index (χ1n) is 11.2. The number of guanidine groups is 1. The van der Waals surface area contributed by atoms with E-state index in [1.54, 1.807) is 4.90 Å².